The Bertz CT molecular complexity index is 183. The number of halogens is 4. The molecule has 0 aromatic carbocycles. The quantitative estimate of drug-likeness (QED) is 0.485. The molecule has 6 heteroatoms. The lowest BCUT2D eigenvalue weighted by Crippen LogP contribution is -2.41. The summed E-state index contributed by atoms with van der Waals surface area (Å²) in [6.45, 7) is 0.757. The third-order valence-electron chi connectivity index (χ3n) is 2.29. The fourth-order valence-corrected chi connectivity index (χ4v) is 1.14. The predicted octanol–water partition coefficient (Wildman–Crippen LogP) is 1.48. The molecule has 0 atom stereocenters. The molecule has 0 heterocycles. The average molecular weight is 228 g/mol. The molecule has 0 bridgehead atoms. The molecule has 1 fully saturated rings. The van der Waals surface area contributed by atoms with Crippen LogP contribution in [0.4, 0.5) is 17.6 Å². The molecule has 1 saturated carbocycles. The van der Waals surface area contributed by atoms with Gasteiger partial charge in [-0.15, -0.1) is 0 Å². The molecule has 2 N–H and O–H groups in total. The molecule has 15 heavy (non-hydrogen) atoms. The highest BCUT2D eigenvalue weighted by atomic mass is 19.3. The van der Waals surface area contributed by atoms with Crippen LogP contribution in [-0.2, 0) is 0 Å². The fraction of sp³-hybridized carbons (Fsp3) is 1.00. The summed E-state index contributed by atoms with van der Waals surface area (Å²) < 4.78 is 48.1. The van der Waals surface area contributed by atoms with Gasteiger partial charge < -0.3 is 10.6 Å². The number of hydrogen-bond donors (Lipinski definition) is 2. The number of alkyl halides is 4. The molecule has 0 aromatic rings. The minimum Gasteiger partial charge on any atom is -0.315 e. The van der Waals surface area contributed by atoms with Gasteiger partial charge in [0.25, 0.3) is 0 Å². The van der Waals surface area contributed by atoms with Crippen molar-refractivity contribution in [1.29, 1.82) is 0 Å². The minimum atomic E-state index is -3.92. The topological polar surface area (TPSA) is 24.1 Å². The second kappa shape index (κ2) is 5.65. The van der Waals surface area contributed by atoms with E-state index in [0.717, 1.165) is 12.5 Å². The van der Waals surface area contributed by atoms with E-state index in [1.165, 1.54) is 12.8 Å². The van der Waals surface area contributed by atoms with Crippen molar-refractivity contribution in [3.8, 4) is 0 Å². The highest BCUT2D eigenvalue weighted by Crippen LogP contribution is 2.27. The van der Waals surface area contributed by atoms with Gasteiger partial charge in [-0.25, -0.2) is 8.78 Å². The first kappa shape index (κ1) is 12.7. The van der Waals surface area contributed by atoms with Gasteiger partial charge in [0.1, 0.15) is 0 Å². The maximum atomic E-state index is 12.4. The number of nitrogens with one attached hydrogen (secondary N) is 2. The van der Waals surface area contributed by atoms with Gasteiger partial charge >= 0.3 is 12.3 Å². The van der Waals surface area contributed by atoms with E-state index in [4.69, 9.17) is 0 Å². The van der Waals surface area contributed by atoms with Crippen molar-refractivity contribution >= 4 is 0 Å². The zero-order chi connectivity index (χ0) is 11.3. The second-order valence-corrected chi connectivity index (χ2v) is 3.89. The smallest absolute Gasteiger partial charge is 0.315 e. The fourth-order valence-electron chi connectivity index (χ4n) is 1.14. The highest BCUT2D eigenvalue weighted by Gasteiger charge is 2.39. The Kier molecular flexibility index (Phi) is 4.79. The summed E-state index contributed by atoms with van der Waals surface area (Å²) >= 11 is 0. The van der Waals surface area contributed by atoms with Crippen LogP contribution in [-0.4, -0.2) is 38.5 Å². The molecule has 0 aliphatic heterocycles. The highest BCUT2D eigenvalue weighted by molar-refractivity contribution is 4.76. The molecule has 0 unspecified atom stereocenters. The van der Waals surface area contributed by atoms with Crippen LogP contribution in [0.25, 0.3) is 0 Å². The van der Waals surface area contributed by atoms with E-state index in [9.17, 15) is 17.6 Å². The van der Waals surface area contributed by atoms with Crippen LogP contribution in [0, 0.1) is 5.92 Å². The van der Waals surface area contributed by atoms with Gasteiger partial charge in [-0.05, 0) is 25.3 Å². The Balaban J connectivity index is 1.90. The molecule has 0 spiro atoms. The summed E-state index contributed by atoms with van der Waals surface area (Å²) in [7, 11) is 0. The Morgan fingerprint density at radius 3 is 2.27 bits per heavy atom. The first-order valence-electron chi connectivity index (χ1n) is 5.10. The van der Waals surface area contributed by atoms with Gasteiger partial charge in [0.15, 0.2) is 0 Å². The molecule has 2 nitrogen and oxygen atoms in total. The minimum absolute atomic E-state index is 0.287. The number of hydrogen-bond acceptors (Lipinski definition) is 2. The Hall–Kier alpha value is -0.360. The van der Waals surface area contributed by atoms with E-state index in [1.54, 1.807) is 0 Å². The zero-order valence-corrected chi connectivity index (χ0v) is 8.41. The van der Waals surface area contributed by atoms with Crippen LogP contribution >= 0.6 is 0 Å². The lowest BCUT2D eigenvalue weighted by molar-refractivity contribution is -0.125. The largest absolute Gasteiger partial charge is 0.319 e. The summed E-state index contributed by atoms with van der Waals surface area (Å²) in [6, 6.07) is 0. The molecule has 0 amide bonds. The molecule has 0 aromatic heterocycles. The summed E-state index contributed by atoms with van der Waals surface area (Å²) in [6.07, 6.45) is -1.14. The summed E-state index contributed by atoms with van der Waals surface area (Å²) in [5.41, 5.74) is 0. The monoisotopic (exact) mass is 228 g/mol. The Morgan fingerprint density at radius 1 is 1.13 bits per heavy atom. The first-order chi connectivity index (χ1) is 7.02. The standard InChI is InChI=1S/C9H16F4N2/c10-8(11)9(12,13)6-15-4-3-14-5-7-1-2-7/h7-8,14-15H,1-6H2. The van der Waals surface area contributed by atoms with Crippen LogP contribution in [0.2, 0.25) is 0 Å². The SMILES string of the molecule is FC(F)C(F)(F)CNCCNCC1CC1. The van der Waals surface area contributed by atoms with E-state index in [-0.39, 0.29) is 6.54 Å². The second-order valence-electron chi connectivity index (χ2n) is 3.89. The third-order valence-corrected chi connectivity index (χ3v) is 2.29. The van der Waals surface area contributed by atoms with Gasteiger partial charge in [0, 0.05) is 13.1 Å². The molecular formula is C9H16F4N2. The molecule has 1 rings (SSSR count). The van der Waals surface area contributed by atoms with E-state index in [2.05, 4.69) is 10.6 Å². The molecule has 90 valence electrons. The van der Waals surface area contributed by atoms with E-state index in [0.29, 0.717) is 6.54 Å². The van der Waals surface area contributed by atoms with Gasteiger partial charge in [0.05, 0.1) is 6.54 Å². The molecule has 1 aliphatic carbocycles. The average Bonchev–Trinajstić information content (AvgIpc) is 2.94. The van der Waals surface area contributed by atoms with Gasteiger partial charge in [0.2, 0.25) is 0 Å². The van der Waals surface area contributed by atoms with E-state index in [1.807, 2.05) is 0 Å². The van der Waals surface area contributed by atoms with Crippen LogP contribution in [0.15, 0.2) is 0 Å². The number of rotatable bonds is 8. The van der Waals surface area contributed by atoms with Crippen molar-refractivity contribution in [2.45, 2.75) is 25.2 Å². The van der Waals surface area contributed by atoms with Crippen LogP contribution < -0.4 is 10.6 Å². The van der Waals surface area contributed by atoms with E-state index >= 15 is 0 Å². The van der Waals surface area contributed by atoms with Gasteiger partial charge in [-0.3, -0.25) is 0 Å². The van der Waals surface area contributed by atoms with Crippen molar-refractivity contribution in [2.24, 2.45) is 5.92 Å². The lowest BCUT2D eigenvalue weighted by atomic mass is 10.3. The predicted molar refractivity (Wildman–Crippen MR) is 49.4 cm³/mol. The maximum Gasteiger partial charge on any atom is 0.319 e. The van der Waals surface area contributed by atoms with Crippen molar-refractivity contribution in [3.05, 3.63) is 0 Å². The maximum absolute atomic E-state index is 12.4. The third kappa shape index (κ3) is 5.32. The van der Waals surface area contributed by atoms with Crippen LogP contribution in [0.1, 0.15) is 12.8 Å². The summed E-state index contributed by atoms with van der Waals surface area (Å²) in [5, 5.41) is 5.38. The van der Waals surface area contributed by atoms with Crippen molar-refractivity contribution in [3.63, 3.8) is 0 Å². The van der Waals surface area contributed by atoms with Crippen molar-refractivity contribution in [2.75, 3.05) is 26.2 Å². The van der Waals surface area contributed by atoms with Crippen molar-refractivity contribution < 1.29 is 17.6 Å². The lowest BCUT2D eigenvalue weighted by Gasteiger charge is -2.15. The molecular weight excluding hydrogens is 212 g/mol. The van der Waals surface area contributed by atoms with Crippen molar-refractivity contribution in [1.82, 2.24) is 10.6 Å². The molecule has 1 aliphatic rings. The molecule has 0 saturated heterocycles. The summed E-state index contributed by atoms with van der Waals surface area (Å²) in [4.78, 5) is 0. The Morgan fingerprint density at radius 2 is 1.73 bits per heavy atom. The van der Waals surface area contributed by atoms with E-state index < -0.39 is 18.9 Å². The van der Waals surface area contributed by atoms with Crippen LogP contribution in [0.5, 0.6) is 0 Å². The van der Waals surface area contributed by atoms with Crippen LogP contribution in [0.3, 0.4) is 0 Å². The van der Waals surface area contributed by atoms with Gasteiger partial charge in [-0.1, -0.05) is 0 Å². The van der Waals surface area contributed by atoms with Gasteiger partial charge in [-0.2, -0.15) is 8.78 Å². The normalized spacial score (nSPS) is 17.4. The first-order valence-corrected chi connectivity index (χ1v) is 5.10. The molecule has 0 radical (unpaired) electrons. The zero-order valence-electron chi connectivity index (χ0n) is 8.41. The summed E-state index contributed by atoms with van der Waals surface area (Å²) in [5.74, 6) is -3.19. The Labute approximate surface area is 86.4 Å².